The summed E-state index contributed by atoms with van der Waals surface area (Å²) in [7, 11) is -3.28. The van der Waals surface area contributed by atoms with Gasteiger partial charge in [-0.15, -0.1) is 0 Å². The third-order valence-corrected chi connectivity index (χ3v) is 7.39. The van der Waals surface area contributed by atoms with Gasteiger partial charge >= 0.3 is 16.2 Å². The molecule has 2 unspecified atom stereocenters. The number of nitrogens with zero attached hydrogens (tertiary/aromatic N) is 1. The van der Waals surface area contributed by atoms with Gasteiger partial charge in [-0.05, 0) is 17.7 Å². The molecule has 0 bridgehead atoms. The Morgan fingerprint density at radius 3 is 2.41 bits per heavy atom. The van der Waals surface area contributed by atoms with Crippen molar-refractivity contribution in [3.8, 4) is 5.75 Å². The molecule has 2 atom stereocenters. The monoisotopic (exact) mass is 469 g/mol. The average molecular weight is 470 g/mol. The summed E-state index contributed by atoms with van der Waals surface area (Å²) in [5, 5.41) is 10.8. The van der Waals surface area contributed by atoms with Crippen LogP contribution >= 0.6 is 0 Å². The summed E-state index contributed by atoms with van der Waals surface area (Å²) in [5.41, 5.74) is 7.08. The van der Waals surface area contributed by atoms with E-state index in [9.17, 15) is 26.7 Å². The van der Waals surface area contributed by atoms with E-state index < -0.39 is 31.9 Å². The van der Waals surface area contributed by atoms with Crippen LogP contribution in [-0.4, -0.2) is 45.7 Å². The molecule has 0 spiro atoms. The number of quaternary nitrogens is 1. The Hall–Kier alpha value is -2.66. The molecule has 0 radical (unpaired) electrons. The van der Waals surface area contributed by atoms with Gasteiger partial charge in [0.2, 0.25) is 0 Å². The van der Waals surface area contributed by atoms with Crippen molar-refractivity contribution in [1.29, 1.82) is 0 Å². The lowest BCUT2D eigenvalue weighted by molar-refractivity contribution is -0.106. The van der Waals surface area contributed by atoms with Crippen LogP contribution in [0.3, 0.4) is 0 Å². The van der Waals surface area contributed by atoms with Crippen LogP contribution in [0.25, 0.3) is 0 Å². The second-order valence-corrected chi connectivity index (χ2v) is 9.47. The van der Waals surface area contributed by atoms with Crippen molar-refractivity contribution in [2.24, 2.45) is 5.73 Å². The maximum absolute atomic E-state index is 13.1. The van der Waals surface area contributed by atoms with Crippen molar-refractivity contribution in [2.75, 3.05) is 26.0 Å². The van der Waals surface area contributed by atoms with E-state index in [0.29, 0.717) is 22.4 Å². The van der Waals surface area contributed by atoms with Crippen molar-refractivity contribution in [3.63, 3.8) is 0 Å². The first kappa shape index (κ1) is 24.0. The van der Waals surface area contributed by atoms with E-state index in [-0.39, 0.29) is 18.8 Å². The summed E-state index contributed by atoms with van der Waals surface area (Å²) in [6.45, 7) is -0.237. The van der Waals surface area contributed by atoms with Crippen LogP contribution in [0.4, 0.5) is 18.9 Å². The van der Waals surface area contributed by atoms with Gasteiger partial charge in [0, 0.05) is 29.8 Å². The topological polar surface area (TPSA) is 89.6 Å². The summed E-state index contributed by atoms with van der Waals surface area (Å²) in [4.78, 5) is 0. The van der Waals surface area contributed by atoms with Crippen LogP contribution in [0.1, 0.15) is 17.2 Å². The van der Waals surface area contributed by atoms with Crippen LogP contribution in [0.5, 0.6) is 5.75 Å². The van der Waals surface area contributed by atoms with Gasteiger partial charge in [0.1, 0.15) is 24.6 Å². The van der Waals surface area contributed by atoms with E-state index in [1.807, 2.05) is 0 Å². The molecule has 2 aromatic carbocycles. The minimum atomic E-state index is -4.90. The largest absolute Gasteiger partial charge is 0.496 e. The first-order valence-electron chi connectivity index (χ1n) is 9.70. The SMILES string of the molecule is COc1ccccc1C(O)c1ccc([N+]2(S(=O)(=O)CC(F)(F)F)C=C(CN)C=CC2)cc1. The van der Waals surface area contributed by atoms with Crippen LogP contribution in [0.15, 0.2) is 72.5 Å². The zero-order valence-corrected chi connectivity index (χ0v) is 18.1. The number of halogens is 3. The number of aliphatic hydroxyl groups is 1. The summed E-state index contributed by atoms with van der Waals surface area (Å²) in [6.07, 6.45) is -1.64. The molecule has 1 aliphatic heterocycles. The van der Waals surface area contributed by atoms with E-state index in [4.69, 9.17) is 10.5 Å². The second kappa shape index (κ2) is 9.07. The number of aliphatic hydroxyl groups excluding tert-OH is 1. The Morgan fingerprint density at radius 2 is 1.81 bits per heavy atom. The van der Waals surface area contributed by atoms with Gasteiger partial charge < -0.3 is 15.6 Å². The lowest BCUT2D eigenvalue weighted by atomic mass is 10.00. The van der Waals surface area contributed by atoms with Gasteiger partial charge in [-0.1, -0.05) is 36.4 Å². The third-order valence-electron chi connectivity index (χ3n) is 5.24. The highest BCUT2D eigenvalue weighted by Gasteiger charge is 2.50. The smallest absolute Gasteiger partial charge is 0.408 e. The lowest BCUT2D eigenvalue weighted by Gasteiger charge is -2.34. The van der Waals surface area contributed by atoms with Gasteiger partial charge in [-0.2, -0.15) is 25.5 Å². The van der Waals surface area contributed by atoms with Gasteiger partial charge in [0.25, 0.3) is 0 Å². The molecule has 1 heterocycles. The zero-order valence-electron chi connectivity index (χ0n) is 17.3. The quantitative estimate of drug-likeness (QED) is 0.607. The van der Waals surface area contributed by atoms with Crippen molar-refractivity contribution in [2.45, 2.75) is 12.3 Å². The molecule has 1 aliphatic rings. The molecule has 0 saturated carbocycles. The number of nitrogens with two attached hydrogens (primary N) is 1. The molecule has 6 nitrogen and oxygen atoms in total. The van der Waals surface area contributed by atoms with Crippen LogP contribution in [0, 0.1) is 0 Å². The molecule has 32 heavy (non-hydrogen) atoms. The maximum Gasteiger partial charge on any atom is 0.408 e. The normalized spacial score (nSPS) is 20.0. The minimum Gasteiger partial charge on any atom is -0.496 e. The number of sulfonamides is 1. The predicted molar refractivity (Wildman–Crippen MR) is 116 cm³/mol. The van der Waals surface area contributed by atoms with Crippen LogP contribution in [0.2, 0.25) is 0 Å². The number of hydrogen-bond acceptors (Lipinski definition) is 5. The Bertz CT molecular complexity index is 1130. The molecule has 2 aromatic rings. The third kappa shape index (κ3) is 4.73. The van der Waals surface area contributed by atoms with Gasteiger partial charge in [-0.25, -0.2) is 0 Å². The molecular formula is C22H24F3N2O4S+. The first-order chi connectivity index (χ1) is 15.0. The molecule has 0 aliphatic carbocycles. The molecule has 10 heteroatoms. The molecule has 0 aromatic heterocycles. The Kier molecular flexibility index (Phi) is 6.80. The predicted octanol–water partition coefficient (Wildman–Crippen LogP) is 3.39. The standard InChI is InChI=1S/C22H24F3N2O4S/c1-31-20-7-3-2-6-19(20)21(28)17-8-10-18(11-9-17)27(12-4-5-16(13-26)14-27)32(29,30)15-22(23,24)25/h2-11,14,21,28H,12-13,15,26H2,1H3/q+1. The molecule has 0 saturated heterocycles. The number of methoxy groups -OCH3 is 1. The Balaban J connectivity index is 2.06. The number of benzene rings is 2. The van der Waals surface area contributed by atoms with E-state index in [0.717, 1.165) is 0 Å². The summed E-state index contributed by atoms with van der Waals surface area (Å²) in [5.74, 6) is -1.51. The molecule has 0 fully saturated rings. The average Bonchev–Trinajstić information content (AvgIpc) is 2.77. The Labute approximate surface area is 184 Å². The highest BCUT2D eigenvalue weighted by molar-refractivity contribution is 7.91. The van der Waals surface area contributed by atoms with Gasteiger partial charge in [0.05, 0.1) is 7.11 Å². The number of rotatable bonds is 7. The Morgan fingerprint density at radius 1 is 1.16 bits per heavy atom. The number of hydrogen-bond donors (Lipinski definition) is 2. The van der Waals surface area contributed by atoms with Crippen LogP contribution < -0.4 is 14.4 Å². The second-order valence-electron chi connectivity index (χ2n) is 7.37. The lowest BCUT2D eigenvalue weighted by Crippen LogP contribution is -2.54. The molecule has 3 N–H and O–H groups in total. The summed E-state index contributed by atoms with van der Waals surface area (Å²) >= 11 is 0. The highest BCUT2D eigenvalue weighted by atomic mass is 32.2. The van der Waals surface area contributed by atoms with Gasteiger partial charge in [0.15, 0.2) is 11.4 Å². The fraction of sp³-hybridized carbons (Fsp3) is 0.273. The maximum atomic E-state index is 13.1. The zero-order chi connectivity index (χ0) is 23.6. The first-order valence-corrected chi connectivity index (χ1v) is 11.3. The number of alkyl halides is 3. The van der Waals surface area contributed by atoms with E-state index in [2.05, 4.69) is 0 Å². The number of para-hydroxylation sites is 1. The number of ether oxygens (including phenoxy) is 1. The van der Waals surface area contributed by atoms with Crippen molar-refractivity contribution < 1.29 is 31.4 Å². The highest BCUT2D eigenvalue weighted by Crippen LogP contribution is 2.37. The summed E-state index contributed by atoms with van der Waals surface area (Å²) in [6, 6.07) is 12.7. The van der Waals surface area contributed by atoms with Crippen LogP contribution in [-0.2, 0) is 10.0 Å². The molecule has 172 valence electrons. The fourth-order valence-corrected chi connectivity index (χ4v) is 5.38. The minimum absolute atomic E-state index is 0.0252. The molecule has 0 amide bonds. The fourth-order valence-electron chi connectivity index (χ4n) is 3.68. The van der Waals surface area contributed by atoms with Gasteiger partial charge in [-0.3, -0.25) is 0 Å². The van der Waals surface area contributed by atoms with E-state index in [1.54, 1.807) is 30.3 Å². The van der Waals surface area contributed by atoms with E-state index in [1.165, 1.54) is 43.7 Å². The van der Waals surface area contributed by atoms with Crippen molar-refractivity contribution >= 4 is 15.7 Å². The van der Waals surface area contributed by atoms with Crippen molar-refractivity contribution in [3.05, 3.63) is 83.6 Å². The molecular weight excluding hydrogens is 445 g/mol. The summed E-state index contributed by atoms with van der Waals surface area (Å²) < 4.78 is 69.5. The molecule has 3 rings (SSSR count). The van der Waals surface area contributed by atoms with E-state index >= 15 is 0 Å². The van der Waals surface area contributed by atoms with Crippen molar-refractivity contribution in [1.82, 2.24) is 3.89 Å².